The highest BCUT2D eigenvalue weighted by Gasteiger charge is 2.34. The zero-order chi connectivity index (χ0) is 11.7. The van der Waals surface area contributed by atoms with E-state index in [2.05, 4.69) is 0 Å². The lowest BCUT2D eigenvalue weighted by atomic mass is 10.1. The number of amides is 1. The molecule has 4 nitrogen and oxygen atoms in total. The highest BCUT2D eigenvalue weighted by atomic mass is 127. The van der Waals surface area contributed by atoms with Crippen molar-refractivity contribution in [1.29, 1.82) is 0 Å². The van der Waals surface area contributed by atoms with E-state index >= 15 is 0 Å². The molecule has 5 heteroatoms. The quantitative estimate of drug-likeness (QED) is 0.548. The van der Waals surface area contributed by atoms with Gasteiger partial charge in [0.1, 0.15) is 9.21 Å². The maximum Gasteiger partial charge on any atom is 0.410 e. The van der Waals surface area contributed by atoms with E-state index in [4.69, 9.17) is 4.74 Å². The molecular formula is C10H18INO3. The number of ether oxygens (including phenoxy) is 1. The third kappa shape index (κ3) is 4.55. The molecule has 1 aliphatic heterocycles. The SMILES string of the molecule is CC(C)(C)OC(=O)N1CCCC(O)(I)C1. The number of rotatable bonds is 0. The predicted molar refractivity (Wildman–Crippen MR) is 66.0 cm³/mol. The maximum absolute atomic E-state index is 11.7. The minimum Gasteiger partial charge on any atom is -0.444 e. The number of piperidine rings is 1. The van der Waals surface area contributed by atoms with Gasteiger partial charge in [-0.2, -0.15) is 0 Å². The molecule has 0 bridgehead atoms. The molecule has 1 unspecified atom stereocenters. The molecule has 88 valence electrons. The van der Waals surface area contributed by atoms with Crippen LogP contribution in [-0.2, 0) is 4.74 Å². The van der Waals surface area contributed by atoms with Gasteiger partial charge in [-0.3, -0.25) is 0 Å². The van der Waals surface area contributed by atoms with Gasteiger partial charge in [0.15, 0.2) is 0 Å². The zero-order valence-electron chi connectivity index (χ0n) is 9.42. The van der Waals surface area contributed by atoms with Crippen LogP contribution in [0.5, 0.6) is 0 Å². The highest BCUT2D eigenvalue weighted by molar-refractivity contribution is 14.1. The van der Waals surface area contributed by atoms with Crippen molar-refractivity contribution in [2.75, 3.05) is 13.1 Å². The molecule has 1 aliphatic rings. The van der Waals surface area contributed by atoms with Crippen LogP contribution in [0.1, 0.15) is 33.6 Å². The van der Waals surface area contributed by atoms with Crippen molar-refractivity contribution in [3.8, 4) is 0 Å². The van der Waals surface area contributed by atoms with E-state index in [0.717, 1.165) is 12.8 Å². The lowest BCUT2D eigenvalue weighted by Crippen LogP contribution is -2.48. The van der Waals surface area contributed by atoms with Crippen molar-refractivity contribution >= 4 is 28.7 Å². The molecule has 1 saturated heterocycles. The molecule has 0 aromatic heterocycles. The average molecular weight is 327 g/mol. The molecule has 1 rings (SSSR count). The first-order valence-corrected chi connectivity index (χ1v) is 6.17. The third-order valence-electron chi connectivity index (χ3n) is 2.07. The van der Waals surface area contributed by atoms with Crippen LogP contribution in [0, 0.1) is 0 Å². The van der Waals surface area contributed by atoms with E-state index in [1.54, 1.807) is 4.90 Å². The monoisotopic (exact) mass is 327 g/mol. The first-order chi connectivity index (χ1) is 6.70. The Morgan fingerprint density at radius 2 is 2.13 bits per heavy atom. The molecule has 1 heterocycles. The molecule has 1 fully saturated rings. The van der Waals surface area contributed by atoms with Gasteiger partial charge in [0.25, 0.3) is 0 Å². The molecule has 15 heavy (non-hydrogen) atoms. The summed E-state index contributed by atoms with van der Waals surface area (Å²) in [5.41, 5.74) is -0.474. The molecule has 0 aromatic carbocycles. The number of carbonyl (C=O) groups is 1. The fourth-order valence-electron chi connectivity index (χ4n) is 1.47. The molecule has 0 saturated carbocycles. The van der Waals surface area contributed by atoms with E-state index < -0.39 is 9.21 Å². The summed E-state index contributed by atoms with van der Waals surface area (Å²) in [7, 11) is 0. The Kier molecular flexibility index (Phi) is 3.86. The number of hydrogen-bond acceptors (Lipinski definition) is 3. The van der Waals surface area contributed by atoms with Crippen molar-refractivity contribution < 1.29 is 14.6 Å². The summed E-state index contributed by atoms with van der Waals surface area (Å²) in [6, 6.07) is 0. The van der Waals surface area contributed by atoms with E-state index in [1.165, 1.54) is 0 Å². The fourth-order valence-corrected chi connectivity index (χ4v) is 2.27. The Morgan fingerprint density at radius 3 is 2.60 bits per heavy atom. The smallest absolute Gasteiger partial charge is 0.410 e. The highest BCUT2D eigenvalue weighted by Crippen LogP contribution is 2.28. The van der Waals surface area contributed by atoms with Crippen LogP contribution in [0.2, 0.25) is 0 Å². The van der Waals surface area contributed by atoms with Crippen LogP contribution >= 0.6 is 22.6 Å². The van der Waals surface area contributed by atoms with Gasteiger partial charge in [-0.05, 0) is 56.2 Å². The van der Waals surface area contributed by atoms with E-state index in [0.29, 0.717) is 13.1 Å². The van der Waals surface area contributed by atoms with Gasteiger partial charge in [0.2, 0.25) is 0 Å². The van der Waals surface area contributed by atoms with Crippen molar-refractivity contribution in [2.24, 2.45) is 0 Å². The van der Waals surface area contributed by atoms with Gasteiger partial charge in [-0.1, -0.05) is 0 Å². The zero-order valence-corrected chi connectivity index (χ0v) is 11.6. The number of likely N-dealkylation sites (tertiary alicyclic amines) is 1. The van der Waals surface area contributed by atoms with Gasteiger partial charge in [0.05, 0.1) is 6.54 Å². The van der Waals surface area contributed by atoms with Gasteiger partial charge in [-0.15, -0.1) is 0 Å². The number of aliphatic hydroxyl groups is 1. The first kappa shape index (κ1) is 13.0. The summed E-state index contributed by atoms with van der Waals surface area (Å²) >= 11 is 1.98. The Labute approximate surface area is 104 Å². The van der Waals surface area contributed by atoms with Crippen molar-refractivity contribution in [3.05, 3.63) is 0 Å². The molecular weight excluding hydrogens is 309 g/mol. The standard InChI is InChI=1S/C10H18INO3/c1-9(2,3)15-8(13)12-6-4-5-10(11,14)7-12/h14H,4-7H2,1-3H3. The molecule has 1 N–H and O–H groups in total. The topological polar surface area (TPSA) is 49.8 Å². The molecule has 1 amide bonds. The first-order valence-electron chi connectivity index (χ1n) is 5.09. The minimum absolute atomic E-state index is 0.336. The second-order valence-electron chi connectivity index (χ2n) is 4.92. The summed E-state index contributed by atoms with van der Waals surface area (Å²) in [6.07, 6.45) is 1.21. The Hall–Kier alpha value is -0.0400. The molecule has 0 spiro atoms. The molecule has 0 radical (unpaired) electrons. The van der Waals surface area contributed by atoms with Gasteiger partial charge in [0, 0.05) is 6.54 Å². The van der Waals surface area contributed by atoms with E-state index in [9.17, 15) is 9.90 Å². The van der Waals surface area contributed by atoms with Crippen molar-refractivity contribution in [1.82, 2.24) is 4.90 Å². The fraction of sp³-hybridized carbons (Fsp3) is 0.900. The summed E-state index contributed by atoms with van der Waals surface area (Å²) in [5, 5.41) is 9.83. The van der Waals surface area contributed by atoms with Crippen LogP contribution in [0.15, 0.2) is 0 Å². The van der Waals surface area contributed by atoms with Gasteiger partial charge >= 0.3 is 6.09 Å². The largest absolute Gasteiger partial charge is 0.444 e. The lowest BCUT2D eigenvalue weighted by molar-refractivity contribution is 0.000159. The Morgan fingerprint density at radius 1 is 1.53 bits per heavy atom. The third-order valence-corrected chi connectivity index (χ3v) is 2.95. The van der Waals surface area contributed by atoms with Crippen LogP contribution in [-0.4, -0.2) is 38.4 Å². The number of nitrogens with zero attached hydrogens (tertiary/aromatic N) is 1. The van der Waals surface area contributed by atoms with Crippen molar-refractivity contribution in [3.63, 3.8) is 0 Å². The predicted octanol–water partition coefficient (Wildman–Crippen LogP) is 2.14. The van der Waals surface area contributed by atoms with Crippen LogP contribution in [0.25, 0.3) is 0 Å². The summed E-state index contributed by atoms with van der Waals surface area (Å²) in [6.45, 7) is 6.53. The number of hydrogen-bond donors (Lipinski definition) is 1. The van der Waals surface area contributed by atoms with Gasteiger partial charge < -0.3 is 14.7 Å². The Balaban J connectivity index is 2.53. The number of carbonyl (C=O) groups excluding carboxylic acids is 1. The maximum atomic E-state index is 11.7. The van der Waals surface area contributed by atoms with Crippen LogP contribution < -0.4 is 0 Å². The lowest BCUT2D eigenvalue weighted by Gasteiger charge is -2.36. The number of alkyl halides is 1. The second-order valence-corrected chi connectivity index (χ2v) is 6.93. The number of β-amino-alcohol motifs (C(OH)–C–C–N with tert-alkyl or cyclic N) is 1. The van der Waals surface area contributed by atoms with Gasteiger partial charge in [-0.25, -0.2) is 4.79 Å². The van der Waals surface area contributed by atoms with Crippen LogP contribution in [0.3, 0.4) is 0 Å². The second kappa shape index (κ2) is 4.45. The molecule has 1 atom stereocenters. The van der Waals surface area contributed by atoms with Crippen LogP contribution in [0.4, 0.5) is 4.79 Å². The summed E-state index contributed by atoms with van der Waals surface area (Å²) in [4.78, 5) is 13.3. The summed E-state index contributed by atoms with van der Waals surface area (Å²) in [5.74, 6) is 0. The Bertz CT molecular complexity index is 248. The van der Waals surface area contributed by atoms with E-state index in [-0.39, 0.29) is 6.09 Å². The molecule has 0 aliphatic carbocycles. The summed E-state index contributed by atoms with van der Waals surface area (Å²) < 4.78 is 4.44. The van der Waals surface area contributed by atoms with Crippen molar-refractivity contribution in [2.45, 2.75) is 42.8 Å². The normalized spacial score (nSPS) is 27.7. The minimum atomic E-state index is -0.799. The number of halogens is 1. The average Bonchev–Trinajstić information content (AvgIpc) is 1.99. The molecule has 0 aromatic rings. The van der Waals surface area contributed by atoms with E-state index in [1.807, 2.05) is 43.4 Å².